The fraction of sp³-hybridized carbons (Fsp3) is 0.200. The Balaban J connectivity index is 2.66. The van der Waals surface area contributed by atoms with Crippen LogP contribution >= 0.6 is 0 Å². The first-order valence-electron chi connectivity index (χ1n) is 5.88. The number of aryl methyl sites for hydroxylation is 1. The highest BCUT2D eigenvalue weighted by atomic mass is 16.5. The van der Waals surface area contributed by atoms with Crippen LogP contribution in [0.3, 0.4) is 0 Å². The van der Waals surface area contributed by atoms with E-state index in [2.05, 4.69) is 4.98 Å². The Labute approximate surface area is 106 Å². The minimum Gasteiger partial charge on any atom is -0.465 e. The first kappa shape index (κ1) is 12.3. The first-order valence-corrected chi connectivity index (χ1v) is 5.88. The summed E-state index contributed by atoms with van der Waals surface area (Å²) in [5, 5.41) is 0. The molecule has 0 radical (unpaired) electrons. The highest BCUT2D eigenvalue weighted by molar-refractivity contribution is 5.97. The number of carbonyl (C=O) groups excluding carboxylic acids is 1. The molecule has 0 aliphatic carbocycles. The Morgan fingerprint density at radius 1 is 1.22 bits per heavy atom. The van der Waals surface area contributed by atoms with Gasteiger partial charge in [0.05, 0.1) is 12.7 Å². The van der Waals surface area contributed by atoms with E-state index < -0.39 is 0 Å². The zero-order chi connectivity index (χ0) is 13.0. The standard InChI is InChI=1S/C15H15NO2/c1-3-11-9-16-10-13(15(17)18-2)14(11)12-7-5-4-6-8-12/h4-10H,3H2,1-2H3. The third kappa shape index (κ3) is 2.25. The Bertz CT molecular complexity index is 550. The van der Waals surface area contributed by atoms with Crippen molar-refractivity contribution >= 4 is 5.97 Å². The largest absolute Gasteiger partial charge is 0.465 e. The lowest BCUT2D eigenvalue weighted by Crippen LogP contribution is -2.06. The second kappa shape index (κ2) is 5.45. The molecule has 2 rings (SSSR count). The normalized spacial score (nSPS) is 10.1. The molecule has 0 fully saturated rings. The summed E-state index contributed by atoms with van der Waals surface area (Å²) in [7, 11) is 1.38. The van der Waals surface area contributed by atoms with Gasteiger partial charge in [-0.1, -0.05) is 37.3 Å². The van der Waals surface area contributed by atoms with Crippen LogP contribution in [0.25, 0.3) is 11.1 Å². The predicted octanol–water partition coefficient (Wildman–Crippen LogP) is 3.10. The lowest BCUT2D eigenvalue weighted by molar-refractivity contribution is 0.0601. The molecule has 0 spiro atoms. The number of aromatic nitrogens is 1. The van der Waals surface area contributed by atoms with Gasteiger partial charge in [-0.2, -0.15) is 0 Å². The molecule has 0 amide bonds. The van der Waals surface area contributed by atoms with Crippen LogP contribution in [0.1, 0.15) is 22.8 Å². The zero-order valence-electron chi connectivity index (χ0n) is 10.5. The second-order valence-corrected chi connectivity index (χ2v) is 3.93. The van der Waals surface area contributed by atoms with Crippen LogP contribution in [0.4, 0.5) is 0 Å². The van der Waals surface area contributed by atoms with E-state index in [-0.39, 0.29) is 5.97 Å². The van der Waals surface area contributed by atoms with Crippen LogP contribution in [0.5, 0.6) is 0 Å². The third-order valence-corrected chi connectivity index (χ3v) is 2.87. The van der Waals surface area contributed by atoms with Gasteiger partial charge in [-0.15, -0.1) is 0 Å². The molecule has 0 atom stereocenters. The van der Waals surface area contributed by atoms with Crippen LogP contribution in [0.2, 0.25) is 0 Å². The minimum atomic E-state index is -0.350. The van der Waals surface area contributed by atoms with Crippen molar-refractivity contribution in [3.8, 4) is 11.1 Å². The van der Waals surface area contributed by atoms with Crippen molar-refractivity contribution in [3.05, 3.63) is 53.9 Å². The number of nitrogens with zero attached hydrogens (tertiary/aromatic N) is 1. The van der Waals surface area contributed by atoms with Crippen LogP contribution in [0.15, 0.2) is 42.7 Å². The lowest BCUT2D eigenvalue weighted by atomic mass is 9.95. The number of rotatable bonds is 3. The summed E-state index contributed by atoms with van der Waals surface area (Å²) in [5.41, 5.74) is 3.49. The Morgan fingerprint density at radius 2 is 1.94 bits per heavy atom. The van der Waals surface area contributed by atoms with E-state index in [0.717, 1.165) is 23.1 Å². The van der Waals surface area contributed by atoms with Crippen LogP contribution in [-0.2, 0) is 11.2 Å². The van der Waals surface area contributed by atoms with Crippen molar-refractivity contribution in [2.45, 2.75) is 13.3 Å². The maximum absolute atomic E-state index is 11.8. The monoisotopic (exact) mass is 241 g/mol. The second-order valence-electron chi connectivity index (χ2n) is 3.93. The lowest BCUT2D eigenvalue weighted by Gasteiger charge is -2.12. The summed E-state index contributed by atoms with van der Waals surface area (Å²) in [5.74, 6) is -0.350. The van der Waals surface area contributed by atoms with Crippen molar-refractivity contribution in [2.24, 2.45) is 0 Å². The van der Waals surface area contributed by atoms with Crippen molar-refractivity contribution < 1.29 is 9.53 Å². The van der Waals surface area contributed by atoms with Gasteiger partial charge in [0.25, 0.3) is 0 Å². The number of carbonyl (C=O) groups is 1. The molecule has 92 valence electrons. The minimum absolute atomic E-state index is 0.350. The average Bonchev–Trinajstić information content (AvgIpc) is 2.46. The number of esters is 1. The molecule has 18 heavy (non-hydrogen) atoms. The Hall–Kier alpha value is -2.16. The molecule has 0 aliphatic rings. The number of hydrogen-bond acceptors (Lipinski definition) is 3. The zero-order valence-corrected chi connectivity index (χ0v) is 10.5. The topological polar surface area (TPSA) is 39.2 Å². The number of hydrogen-bond donors (Lipinski definition) is 0. The van der Waals surface area contributed by atoms with Gasteiger partial charge in [-0.25, -0.2) is 4.79 Å². The molecular formula is C15H15NO2. The smallest absolute Gasteiger partial charge is 0.340 e. The number of benzene rings is 1. The summed E-state index contributed by atoms with van der Waals surface area (Å²) < 4.78 is 4.82. The summed E-state index contributed by atoms with van der Waals surface area (Å²) >= 11 is 0. The van der Waals surface area contributed by atoms with Gasteiger partial charge in [-0.3, -0.25) is 4.98 Å². The Morgan fingerprint density at radius 3 is 2.56 bits per heavy atom. The molecule has 0 bridgehead atoms. The van der Waals surface area contributed by atoms with E-state index in [1.54, 1.807) is 12.4 Å². The molecular weight excluding hydrogens is 226 g/mol. The van der Waals surface area contributed by atoms with E-state index in [1.807, 2.05) is 37.3 Å². The quantitative estimate of drug-likeness (QED) is 0.775. The SMILES string of the molecule is CCc1cncc(C(=O)OC)c1-c1ccccc1. The third-order valence-electron chi connectivity index (χ3n) is 2.87. The average molecular weight is 241 g/mol. The first-order chi connectivity index (χ1) is 8.77. The summed E-state index contributed by atoms with van der Waals surface area (Å²) in [6, 6.07) is 9.84. The summed E-state index contributed by atoms with van der Waals surface area (Å²) in [6.07, 6.45) is 4.18. The van der Waals surface area contributed by atoms with Gasteiger partial charge < -0.3 is 4.74 Å². The van der Waals surface area contributed by atoms with E-state index in [1.165, 1.54) is 7.11 Å². The molecule has 1 heterocycles. The maximum atomic E-state index is 11.8. The number of ether oxygens (including phenoxy) is 1. The van der Waals surface area contributed by atoms with Crippen LogP contribution in [-0.4, -0.2) is 18.1 Å². The molecule has 2 aromatic rings. The highest BCUT2D eigenvalue weighted by Gasteiger charge is 2.16. The molecule has 0 unspecified atom stereocenters. The van der Waals surface area contributed by atoms with Gasteiger partial charge in [0.2, 0.25) is 0 Å². The van der Waals surface area contributed by atoms with Crippen molar-refractivity contribution in [3.63, 3.8) is 0 Å². The van der Waals surface area contributed by atoms with E-state index in [9.17, 15) is 4.79 Å². The van der Waals surface area contributed by atoms with Crippen molar-refractivity contribution in [2.75, 3.05) is 7.11 Å². The van der Waals surface area contributed by atoms with Gasteiger partial charge in [-0.05, 0) is 17.5 Å². The van der Waals surface area contributed by atoms with Crippen LogP contribution < -0.4 is 0 Å². The van der Waals surface area contributed by atoms with E-state index >= 15 is 0 Å². The fourth-order valence-electron chi connectivity index (χ4n) is 1.98. The molecule has 0 aliphatic heterocycles. The molecule has 1 aromatic heterocycles. The molecule has 0 saturated heterocycles. The molecule has 3 nitrogen and oxygen atoms in total. The van der Waals surface area contributed by atoms with Crippen molar-refractivity contribution in [1.29, 1.82) is 0 Å². The predicted molar refractivity (Wildman–Crippen MR) is 70.4 cm³/mol. The molecule has 3 heteroatoms. The van der Waals surface area contributed by atoms with E-state index in [4.69, 9.17) is 4.74 Å². The molecule has 0 saturated carbocycles. The number of methoxy groups -OCH3 is 1. The van der Waals surface area contributed by atoms with Crippen LogP contribution in [0, 0.1) is 0 Å². The van der Waals surface area contributed by atoms with E-state index in [0.29, 0.717) is 5.56 Å². The highest BCUT2D eigenvalue weighted by Crippen LogP contribution is 2.27. The maximum Gasteiger partial charge on any atom is 0.340 e. The Kier molecular flexibility index (Phi) is 3.72. The summed E-state index contributed by atoms with van der Waals surface area (Å²) in [4.78, 5) is 15.9. The van der Waals surface area contributed by atoms with Gasteiger partial charge >= 0.3 is 5.97 Å². The van der Waals surface area contributed by atoms with Gasteiger partial charge in [0.15, 0.2) is 0 Å². The van der Waals surface area contributed by atoms with Crippen molar-refractivity contribution in [1.82, 2.24) is 4.98 Å². The molecule has 1 aromatic carbocycles. The fourth-order valence-corrected chi connectivity index (χ4v) is 1.98. The summed E-state index contributed by atoms with van der Waals surface area (Å²) in [6.45, 7) is 2.05. The molecule has 0 N–H and O–H groups in total. The number of pyridine rings is 1. The van der Waals surface area contributed by atoms with Gasteiger partial charge in [0.1, 0.15) is 0 Å². The van der Waals surface area contributed by atoms with Gasteiger partial charge in [0, 0.05) is 18.0 Å².